The number of amides is 1. The van der Waals surface area contributed by atoms with Gasteiger partial charge < -0.3 is 9.73 Å². The summed E-state index contributed by atoms with van der Waals surface area (Å²) in [5.74, 6) is 0.254. The second-order valence-corrected chi connectivity index (χ2v) is 8.80. The Morgan fingerprint density at radius 2 is 1.90 bits per heavy atom. The first-order valence-corrected chi connectivity index (χ1v) is 10.6. The van der Waals surface area contributed by atoms with Crippen LogP contribution in [0.5, 0.6) is 0 Å². The van der Waals surface area contributed by atoms with Crippen LogP contribution in [-0.4, -0.2) is 35.5 Å². The van der Waals surface area contributed by atoms with Crippen LogP contribution in [0.1, 0.15) is 30.1 Å². The predicted octanol–water partition coefficient (Wildman–Crippen LogP) is 3.11. The summed E-state index contributed by atoms with van der Waals surface area (Å²) < 4.78 is 34.2. The van der Waals surface area contributed by atoms with E-state index in [1.807, 2.05) is 18.2 Å². The summed E-state index contributed by atoms with van der Waals surface area (Å²) in [5.41, 5.74) is 1.41. The first-order valence-electron chi connectivity index (χ1n) is 9.12. The third kappa shape index (κ3) is 4.25. The van der Waals surface area contributed by atoms with E-state index in [-0.39, 0.29) is 17.3 Å². The van der Waals surface area contributed by atoms with Crippen molar-refractivity contribution in [2.24, 2.45) is 0 Å². The van der Waals surface area contributed by atoms with Crippen molar-refractivity contribution in [3.05, 3.63) is 65.9 Å². The Morgan fingerprint density at radius 1 is 1.21 bits per heavy atom. The Hall–Kier alpha value is -2.91. The van der Waals surface area contributed by atoms with Crippen LogP contribution in [0, 0.1) is 13.8 Å². The number of hydrogen-bond donors (Lipinski definition) is 1. The maximum Gasteiger partial charge on any atom is 0.248 e. The predicted molar refractivity (Wildman–Crippen MR) is 109 cm³/mol. The zero-order valence-electron chi connectivity index (χ0n) is 16.8. The highest BCUT2D eigenvalue weighted by molar-refractivity contribution is 7.89. The second-order valence-electron chi connectivity index (χ2n) is 6.82. The molecule has 8 nitrogen and oxygen atoms in total. The number of rotatable bonds is 7. The molecule has 2 heterocycles. The van der Waals surface area contributed by atoms with Gasteiger partial charge in [0.1, 0.15) is 16.7 Å². The molecule has 9 heteroatoms. The number of furan rings is 1. The Morgan fingerprint density at radius 3 is 2.52 bits per heavy atom. The molecule has 0 saturated heterocycles. The average Bonchev–Trinajstić information content (AvgIpc) is 3.29. The molecule has 154 valence electrons. The zero-order valence-corrected chi connectivity index (χ0v) is 17.6. The van der Waals surface area contributed by atoms with Crippen molar-refractivity contribution in [1.82, 2.24) is 14.1 Å². The first kappa shape index (κ1) is 20.8. The van der Waals surface area contributed by atoms with Crippen molar-refractivity contribution in [1.29, 1.82) is 0 Å². The quantitative estimate of drug-likeness (QED) is 0.638. The zero-order chi connectivity index (χ0) is 21.2. The molecule has 3 aromatic rings. The molecule has 1 amide bonds. The van der Waals surface area contributed by atoms with E-state index in [4.69, 9.17) is 4.42 Å². The van der Waals surface area contributed by atoms with Gasteiger partial charge in [0.25, 0.3) is 0 Å². The van der Waals surface area contributed by atoms with Gasteiger partial charge in [0.15, 0.2) is 0 Å². The number of sulfonamides is 1. The topological polar surface area (TPSA) is 97.4 Å². The van der Waals surface area contributed by atoms with Gasteiger partial charge in [-0.3, -0.25) is 9.48 Å². The fraction of sp³-hybridized carbons (Fsp3) is 0.300. The Kier molecular flexibility index (Phi) is 5.90. The number of aryl methyl sites for hydroxylation is 1. The lowest BCUT2D eigenvalue weighted by Crippen LogP contribution is -2.28. The molecular formula is C20H24N4O4S. The molecule has 29 heavy (non-hydrogen) atoms. The molecule has 0 unspecified atom stereocenters. The van der Waals surface area contributed by atoms with E-state index in [1.165, 1.54) is 22.3 Å². The first-order chi connectivity index (χ1) is 13.7. The molecule has 0 aliphatic carbocycles. The standard InChI is InChI=1S/C20H24N4O4S/c1-14-19(29(26,27)23(4)13-18-11-8-12-28-18)15(2)24(22-14)16(3)20(25)21-17-9-6-5-7-10-17/h5-12,16H,13H2,1-4H3,(H,21,25)/t16-/m1/s1. The molecule has 0 saturated carbocycles. The van der Waals surface area contributed by atoms with Gasteiger partial charge in [0.2, 0.25) is 15.9 Å². The number of hydrogen-bond acceptors (Lipinski definition) is 5. The van der Waals surface area contributed by atoms with Crippen molar-refractivity contribution in [3.8, 4) is 0 Å². The van der Waals surface area contributed by atoms with E-state index in [1.54, 1.807) is 45.0 Å². The van der Waals surface area contributed by atoms with E-state index in [0.29, 0.717) is 22.8 Å². The van der Waals surface area contributed by atoms with Crippen molar-refractivity contribution in [2.45, 2.75) is 38.3 Å². The molecule has 3 rings (SSSR count). The molecular weight excluding hydrogens is 392 g/mol. The van der Waals surface area contributed by atoms with Crippen LogP contribution in [0.2, 0.25) is 0 Å². The molecule has 1 atom stereocenters. The Bertz CT molecular complexity index is 1090. The third-order valence-corrected chi connectivity index (χ3v) is 6.73. The van der Waals surface area contributed by atoms with Crippen LogP contribution in [0.4, 0.5) is 5.69 Å². The fourth-order valence-electron chi connectivity index (χ4n) is 3.14. The summed E-state index contributed by atoms with van der Waals surface area (Å²) in [6.07, 6.45) is 1.50. The molecule has 0 radical (unpaired) electrons. The largest absolute Gasteiger partial charge is 0.468 e. The Labute approximate surface area is 170 Å². The lowest BCUT2D eigenvalue weighted by Gasteiger charge is -2.17. The third-order valence-electron chi connectivity index (χ3n) is 4.67. The number of nitrogens with one attached hydrogen (secondary N) is 1. The maximum atomic E-state index is 13.1. The molecule has 0 aliphatic rings. The van der Waals surface area contributed by atoms with E-state index in [2.05, 4.69) is 10.4 Å². The van der Waals surface area contributed by atoms with Crippen LogP contribution in [0.3, 0.4) is 0 Å². The highest BCUT2D eigenvalue weighted by Gasteiger charge is 2.31. The summed E-state index contributed by atoms with van der Waals surface area (Å²) in [6.45, 7) is 5.06. The van der Waals surface area contributed by atoms with E-state index in [9.17, 15) is 13.2 Å². The number of aromatic nitrogens is 2. The van der Waals surface area contributed by atoms with Crippen molar-refractivity contribution in [2.75, 3.05) is 12.4 Å². The van der Waals surface area contributed by atoms with E-state index in [0.717, 1.165) is 0 Å². The summed E-state index contributed by atoms with van der Waals surface area (Å²) in [5, 5.41) is 7.16. The van der Waals surface area contributed by atoms with Crippen LogP contribution in [-0.2, 0) is 21.4 Å². The number of nitrogens with zero attached hydrogens (tertiary/aromatic N) is 3. The van der Waals surface area contributed by atoms with Crippen LogP contribution in [0.15, 0.2) is 58.0 Å². The van der Waals surface area contributed by atoms with Gasteiger partial charge in [-0.25, -0.2) is 8.42 Å². The van der Waals surface area contributed by atoms with Gasteiger partial charge in [-0.05, 0) is 45.0 Å². The molecule has 0 spiro atoms. The minimum absolute atomic E-state index is 0.101. The average molecular weight is 417 g/mol. The smallest absolute Gasteiger partial charge is 0.248 e. The van der Waals surface area contributed by atoms with Gasteiger partial charge in [-0.15, -0.1) is 0 Å². The summed E-state index contributed by atoms with van der Waals surface area (Å²) in [4.78, 5) is 12.7. The molecule has 1 N–H and O–H groups in total. The van der Waals surface area contributed by atoms with Gasteiger partial charge in [0.05, 0.1) is 24.2 Å². The van der Waals surface area contributed by atoms with Crippen LogP contribution < -0.4 is 5.32 Å². The van der Waals surface area contributed by atoms with Crippen molar-refractivity contribution < 1.29 is 17.6 Å². The highest BCUT2D eigenvalue weighted by atomic mass is 32.2. The molecule has 0 bridgehead atoms. The van der Waals surface area contributed by atoms with E-state index < -0.39 is 16.1 Å². The minimum Gasteiger partial charge on any atom is -0.468 e. The summed E-state index contributed by atoms with van der Waals surface area (Å²) in [7, 11) is -2.33. The minimum atomic E-state index is -3.82. The lowest BCUT2D eigenvalue weighted by molar-refractivity contribution is -0.119. The fourth-order valence-corrected chi connectivity index (χ4v) is 4.63. The summed E-state index contributed by atoms with van der Waals surface area (Å²) >= 11 is 0. The molecule has 0 aliphatic heterocycles. The van der Waals surface area contributed by atoms with Crippen LogP contribution in [0.25, 0.3) is 0 Å². The van der Waals surface area contributed by atoms with Gasteiger partial charge in [0, 0.05) is 12.7 Å². The number of anilines is 1. The molecule has 2 aromatic heterocycles. The SMILES string of the molecule is Cc1nn([C@H](C)C(=O)Nc2ccccc2)c(C)c1S(=O)(=O)N(C)Cc1ccco1. The Balaban J connectivity index is 1.86. The number of benzene rings is 1. The van der Waals surface area contributed by atoms with E-state index >= 15 is 0 Å². The number of carbonyl (C=O) groups is 1. The highest BCUT2D eigenvalue weighted by Crippen LogP contribution is 2.26. The van der Waals surface area contributed by atoms with Crippen molar-refractivity contribution in [3.63, 3.8) is 0 Å². The van der Waals surface area contributed by atoms with Gasteiger partial charge >= 0.3 is 0 Å². The summed E-state index contributed by atoms with van der Waals surface area (Å²) in [6, 6.07) is 11.8. The normalized spacial score (nSPS) is 12.9. The van der Waals surface area contributed by atoms with Gasteiger partial charge in [-0.1, -0.05) is 18.2 Å². The maximum absolute atomic E-state index is 13.1. The lowest BCUT2D eigenvalue weighted by atomic mass is 10.2. The van der Waals surface area contributed by atoms with Gasteiger partial charge in [-0.2, -0.15) is 9.40 Å². The number of para-hydroxylation sites is 1. The molecule has 0 fully saturated rings. The van der Waals surface area contributed by atoms with Crippen molar-refractivity contribution >= 4 is 21.6 Å². The second kappa shape index (κ2) is 8.22. The monoisotopic (exact) mass is 416 g/mol. The number of carbonyl (C=O) groups excluding carboxylic acids is 1. The van der Waals surface area contributed by atoms with Crippen LogP contribution >= 0.6 is 0 Å². The molecule has 1 aromatic carbocycles.